The molecule has 164 valence electrons. The van der Waals surface area contributed by atoms with E-state index in [0.29, 0.717) is 33.9 Å². The highest BCUT2D eigenvalue weighted by Crippen LogP contribution is 2.21. The summed E-state index contributed by atoms with van der Waals surface area (Å²) in [6.07, 6.45) is 0. The van der Waals surface area contributed by atoms with E-state index in [1.165, 1.54) is 4.68 Å². The molecule has 0 spiro atoms. The van der Waals surface area contributed by atoms with Crippen LogP contribution in [-0.2, 0) is 11.3 Å². The molecule has 8 heteroatoms. The molecule has 2 aromatic heterocycles. The summed E-state index contributed by atoms with van der Waals surface area (Å²) in [4.78, 5) is 25.7. The number of carbonyl (C=O) groups is 1. The molecule has 0 fully saturated rings. The number of benzene rings is 2. The summed E-state index contributed by atoms with van der Waals surface area (Å²) in [7, 11) is 0. The van der Waals surface area contributed by atoms with E-state index in [2.05, 4.69) is 15.5 Å². The van der Waals surface area contributed by atoms with Crippen molar-refractivity contribution in [3.05, 3.63) is 86.9 Å². The zero-order chi connectivity index (χ0) is 22.8. The summed E-state index contributed by atoms with van der Waals surface area (Å²) < 4.78 is 2.91. The monoisotopic (exact) mass is 449 g/mol. The Kier molecular flexibility index (Phi) is 6.10. The number of aryl methyl sites for hydroxylation is 2. The van der Waals surface area contributed by atoms with Crippen LogP contribution in [0.2, 0.25) is 5.02 Å². The van der Waals surface area contributed by atoms with Gasteiger partial charge in [-0.1, -0.05) is 48.9 Å². The lowest BCUT2D eigenvalue weighted by molar-refractivity contribution is -0.121. The van der Waals surface area contributed by atoms with Gasteiger partial charge >= 0.3 is 0 Å². The van der Waals surface area contributed by atoms with Crippen LogP contribution in [0.25, 0.3) is 16.6 Å². The number of nitrogens with one attached hydrogen (secondary N) is 1. The number of amides is 1. The number of aromatic nitrogens is 4. The lowest BCUT2D eigenvalue weighted by Crippen LogP contribution is -2.35. The van der Waals surface area contributed by atoms with Gasteiger partial charge in [0.05, 0.1) is 22.5 Å². The Bertz CT molecular complexity index is 1330. The molecule has 0 saturated carbocycles. The molecule has 0 unspecified atom stereocenters. The maximum atomic E-state index is 13.1. The fraction of sp³-hybridized carbons (Fsp3) is 0.250. The molecule has 0 bridgehead atoms. The van der Waals surface area contributed by atoms with Crippen LogP contribution in [0.3, 0.4) is 0 Å². The molecule has 0 aliphatic carbocycles. The van der Waals surface area contributed by atoms with Crippen molar-refractivity contribution in [3.63, 3.8) is 0 Å². The largest absolute Gasteiger partial charge is 0.354 e. The minimum atomic E-state index is -0.338. The van der Waals surface area contributed by atoms with Gasteiger partial charge in [0.1, 0.15) is 12.1 Å². The van der Waals surface area contributed by atoms with E-state index in [9.17, 15) is 9.59 Å². The van der Waals surface area contributed by atoms with Crippen molar-refractivity contribution in [2.45, 2.75) is 33.2 Å². The molecule has 0 radical (unpaired) electrons. The molecule has 2 heterocycles. The van der Waals surface area contributed by atoms with Crippen molar-refractivity contribution in [1.29, 1.82) is 0 Å². The van der Waals surface area contributed by atoms with Crippen LogP contribution in [0.4, 0.5) is 0 Å². The summed E-state index contributed by atoms with van der Waals surface area (Å²) >= 11 is 5.99. The smallest absolute Gasteiger partial charge is 0.278 e. The molecule has 1 N–H and O–H groups in total. The fourth-order valence-corrected chi connectivity index (χ4v) is 3.84. The number of fused-ring (bicyclic) bond motifs is 1. The molecule has 2 aromatic carbocycles. The molecule has 0 saturated heterocycles. The van der Waals surface area contributed by atoms with E-state index >= 15 is 0 Å². The fourth-order valence-electron chi connectivity index (χ4n) is 3.71. The standard InChI is InChI=1S/C24H24ClN5O2/c1-15(18-7-5-4-6-8-18)13-26-21(31)14-29-24(32)22-17(3)30(28-23(22)16(2)27-29)20-11-9-19(25)10-12-20/h4-12,15H,13-14H2,1-3H3,(H,26,31)/t15-/m1/s1. The van der Waals surface area contributed by atoms with E-state index in [1.54, 1.807) is 23.7 Å². The first-order valence-electron chi connectivity index (χ1n) is 10.4. The molecule has 1 atom stereocenters. The van der Waals surface area contributed by atoms with Gasteiger partial charge in [-0.25, -0.2) is 9.36 Å². The number of hydrogen-bond donors (Lipinski definition) is 1. The summed E-state index contributed by atoms with van der Waals surface area (Å²) in [5.41, 5.74) is 3.39. The number of hydrogen-bond acceptors (Lipinski definition) is 4. The zero-order valence-electron chi connectivity index (χ0n) is 18.2. The van der Waals surface area contributed by atoms with Gasteiger partial charge in [0.25, 0.3) is 5.56 Å². The van der Waals surface area contributed by atoms with Crippen LogP contribution >= 0.6 is 11.6 Å². The molecule has 0 aliphatic heterocycles. The van der Waals surface area contributed by atoms with Crippen LogP contribution in [0.1, 0.15) is 29.8 Å². The van der Waals surface area contributed by atoms with Crippen LogP contribution in [0, 0.1) is 13.8 Å². The summed E-state index contributed by atoms with van der Waals surface area (Å²) in [6, 6.07) is 17.2. The van der Waals surface area contributed by atoms with E-state index < -0.39 is 0 Å². The SMILES string of the molecule is Cc1nn(CC(=O)NC[C@@H](C)c2ccccc2)c(=O)c2c(C)n(-c3ccc(Cl)cc3)nc12. The second kappa shape index (κ2) is 8.96. The highest BCUT2D eigenvalue weighted by Gasteiger charge is 2.19. The third kappa shape index (κ3) is 4.29. The number of nitrogens with zero attached hydrogens (tertiary/aromatic N) is 4. The minimum absolute atomic E-state index is 0.150. The van der Waals surface area contributed by atoms with E-state index in [0.717, 1.165) is 11.3 Å². The van der Waals surface area contributed by atoms with Gasteiger partial charge in [0.15, 0.2) is 0 Å². The Balaban J connectivity index is 1.57. The first-order valence-corrected chi connectivity index (χ1v) is 10.8. The lowest BCUT2D eigenvalue weighted by Gasteiger charge is -2.13. The lowest BCUT2D eigenvalue weighted by atomic mass is 10.0. The molecule has 32 heavy (non-hydrogen) atoms. The zero-order valence-corrected chi connectivity index (χ0v) is 18.9. The van der Waals surface area contributed by atoms with Gasteiger partial charge in [0, 0.05) is 11.6 Å². The predicted octanol–water partition coefficient (Wildman–Crippen LogP) is 3.77. The summed E-state index contributed by atoms with van der Waals surface area (Å²) in [5, 5.41) is 12.9. The predicted molar refractivity (Wildman–Crippen MR) is 125 cm³/mol. The third-order valence-corrected chi connectivity index (χ3v) is 5.77. The topological polar surface area (TPSA) is 81.8 Å². The highest BCUT2D eigenvalue weighted by atomic mass is 35.5. The van der Waals surface area contributed by atoms with Gasteiger partial charge in [-0.3, -0.25) is 9.59 Å². The summed E-state index contributed by atoms with van der Waals surface area (Å²) in [6.45, 7) is 5.99. The number of halogens is 1. The van der Waals surface area contributed by atoms with Gasteiger partial charge < -0.3 is 5.32 Å². The van der Waals surface area contributed by atoms with Crippen molar-refractivity contribution in [1.82, 2.24) is 24.9 Å². The normalized spacial score (nSPS) is 12.1. The van der Waals surface area contributed by atoms with E-state index in [1.807, 2.05) is 56.3 Å². The molecule has 1 amide bonds. The molecular weight excluding hydrogens is 426 g/mol. The van der Waals surface area contributed by atoms with Gasteiger partial charge in [0.2, 0.25) is 5.91 Å². The van der Waals surface area contributed by atoms with Crippen molar-refractivity contribution < 1.29 is 4.79 Å². The second-order valence-corrected chi connectivity index (χ2v) is 8.30. The average Bonchev–Trinajstić information content (AvgIpc) is 3.14. The van der Waals surface area contributed by atoms with Crippen LogP contribution in [0.15, 0.2) is 59.4 Å². The highest BCUT2D eigenvalue weighted by molar-refractivity contribution is 6.30. The summed E-state index contributed by atoms with van der Waals surface area (Å²) in [5.74, 6) is -0.0993. The maximum absolute atomic E-state index is 13.1. The maximum Gasteiger partial charge on any atom is 0.278 e. The van der Waals surface area contributed by atoms with Gasteiger partial charge in [-0.2, -0.15) is 10.2 Å². The first kappa shape index (κ1) is 21.8. The van der Waals surface area contributed by atoms with Crippen molar-refractivity contribution in [3.8, 4) is 5.69 Å². The van der Waals surface area contributed by atoms with Crippen molar-refractivity contribution >= 4 is 28.4 Å². The molecule has 0 aliphatic rings. The van der Waals surface area contributed by atoms with Crippen LogP contribution in [0.5, 0.6) is 0 Å². The second-order valence-electron chi connectivity index (χ2n) is 7.86. The molecule has 7 nitrogen and oxygen atoms in total. The number of carbonyl (C=O) groups excluding carboxylic acids is 1. The number of rotatable bonds is 6. The Morgan fingerprint density at radius 3 is 2.44 bits per heavy atom. The molecule has 4 aromatic rings. The van der Waals surface area contributed by atoms with Crippen LogP contribution < -0.4 is 10.9 Å². The molecule has 4 rings (SSSR count). The van der Waals surface area contributed by atoms with Gasteiger partial charge in [-0.05, 0) is 49.6 Å². The van der Waals surface area contributed by atoms with Crippen LogP contribution in [-0.4, -0.2) is 32.0 Å². The van der Waals surface area contributed by atoms with Crippen molar-refractivity contribution in [2.24, 2.45) is 0 Å². The minimum Gasteiger partial charge on any atom is -0.354 e. The van der Waals surface area contributed by atoms with Crippen molar-refractivity contribution in [2.75, 3.05) is 6.54 Å². The average molecular weight is 450 g/mol. The Morgan fingerprint density at radius 1 is 1.06 bits per heavy atom. The third-order valence-electron chi connectivity index (χ3n) is 5.52. The quantitative estimate of drug-likeness (QED) is 0.485. The first-order chi connectivity index (χ1) is 15.3. The van der Waals surface area contributed by atoms with E-state index in [4.69, 9.17) is 11.6 Å². The van der Waals surface area contributed by atoms with E-state index in [-0.39, 0.29) is 23.9 Å². The Labute approximate surface area is 190 Å². The Hall–Kier alpha value is -3.45. The Morgan fingerprint density at radius 2 is 1.75 bits per heavy atom. The molecular formula is C24H24ClN5O2. The van der Waals surface area contributed by atoms with Gasteiger partial charge in [-0.15, -0.1) is 0 Å².